The molecule has 0 unspecified atom stereocenters. The van der Waals surface area contributed by atoms with E-state index in [9.17, 15) is 0 Å². The van der Waals surface area contributed by atoms with Crippen molar-refractivity contribution in [1.82, 2.24) is 5.32 Å². The third-order valence-corrected chi connectivity index (χ3v) is 4.46. The third kappa shape index (κ3) is 4.97. The first-order chi connectivity index (χ1) is 8.34. The van der Waals surface area contributed by atoms with E-state index in [2.05, 4.69) is 12.2 Å². The summed E-state index contributed by atoms with van der Waals surface area (Å²) in [7, 11) is 0. The Bertz CT molecular complexity index is 193. The fraction of sp³-hybridized carbons (Fsp3) is 1.00. The largest absolute Gasteiger partial charge is 0.377 e. The summed E-state index contributed by atoms with van der Waals surface area (Å²) < 4.78 is 5.93. The zero-order valence-corrected chi connectivity index (χ0v) is 11.4. The van der Waals surface area contributed by atoms with Crippen LogP contribution in [0.1, 0.15) is 64.7 Å². The summed E-state index contributed by atoms with van der Waals surface area (Å²) >= 11 is 0. The van der Waals surface area contributed by atoms with Crippen molar-refractivity contribution in [3.8, 4) is 0 Å². The molecule has 0 aromatic heterocycles. The van der Waals surface area contributed by atoms with Gasteiger partial charge in [-0.05, 0) is 44.4 Å². The normalized spacial score (nSPS) is 31.6. The summed E-state index contributed by atoms with van der Waals surface area (Å²) in [6.07, 6.45) is 12.9. The number of ether oxygens (including phenoxy) is 1. The van der Waals surface area contributed by atoms with Crippen molar-refractivity contribution in [3.63, 3.8) is 0 Å². The predicted molar refractivity (Wildman–Crippen MR) is 72.2 cm³/mol. The van der Waals surface area contributed by atoms with Crippen molar-refractivity contribution < 1.29 is 4.74 Å². The fourth-order valence-electron chi connectivity index (χ4n) is 3.18. The first-order valence-electron chi connectivity index (χ1n) is 7.69. The maximum atomic E-state index is 5.93. The summed E-state index contributed by atoms with van der Waals surface area (Å²) in [4.78, 5) is 0. The van der Waals surface area contributed by atoms with E-state index in [1.807, 2.05) is 0 Å². The Morgan fingerprint density at radius 3 is 2.35 bits per heavy atom. The molecule has 2 fully saturated rings. The van der Waals surface area contributed by atoms with E-state index in [1.165, 1.54) is 57.8 Å². The van der Waals surface area contributed by atoms with Crippen LogP contribution in [-0.4, -0.2) is 25.3 Å². The van der Waals surface area contributed by atoms with Crippen LogP contribution in [0.4, 0.5) is 0 Å². The summed E-state index contributed by atoms with van der Waals surface area (Å²) in [5.74, 6) is 0.950. The quantitative estimate of drug-likeness (QED) is 0.741. The van der Waals surface area contributed by atoms with Gasteiger partial charge in [-0.3, -0.25) is 0 Å². The van der Waals surface area contributed by atoms with E-state index in [0.29, 0.717) is 6.10 Å². The third-order valence-electron chi connectivity index (χ3n) is 4.46. The zero-order chi connectivity index (χ0) is 11.9. The van der Waals surface area contributed by atoms with Crippen molar-refractivity contribution in [2.75, 3.05) is 13.2 Å². The van der Waals surface area contributed by atoms with Gasteiger partial charge < -0.3 is 10.1 Å². The van der Waals surface area contributed by atoms with Crippen molar-refractivity contribution in [2.45, 2.75) is 76.9 Å². The molecule has 0 aromatic carbocycles. The van der Waals surface area contributed by atoms with E-state index in [1.54, 1.807) is 0 Å². The molecule has 0 heterocycles. The molecule has 1 N–H and O–H groups in total. The number of rotatable bonds is 5. The Morgan fingerprint density at radius 2 is 1.65 bits per heavy atom. The number of hydrogen-bond acceptors (Lipinski definition) is 2. The van der Waals surface area contributed by atoms with Crippen LogP contribution in [-0.2, 0) is 4.74 Å². The highest BCUT2D eigenvalue weighted by atomic mass is 16.5. The van der Waals surface area contributed by atoms with Crippen molar-refractivity contribution >= 4 is 0 Å². The van der Waals surface area contributed by atoms with E-state index < -0.39 is 0 Å². The molecule has 0 atom stereocenters. The SMILES string of the molecule is CC1CCC(NCCOC2CCCCC2)CC1. The topological polar surface area (TPSA) is 21.3 Å². The van der Waals surface area contributed by atoms with Gasteiger partial charge in [0.05, 0.1) is 12.7 Å². The van der Waals surface area contributed by atoms with Crippen LogP contribution in [0.5, 0.6) is 0 Å². The lowest BCUT2D eigenvalue weighted by Gasteiger charge is -2.27. The van der Waals surface area contributed by atoms with E-state index in [-0.39, 0.29) is 0 Å². The molecule has 0 saturated heterocycles. The highest BCUT2D eigenvalue weighted by Crippen LogP contribution is 2.23. The minimum absolute atomic E-state index is 0.567. The average Bonchev–Trinajstić information content (AvgIpc) is 2.38. The standard InChI is InChI=1S/C15H29NO/c1-13-7-9-14(10-8-13)16-11-12-17-15-5-3-2-4-6-15/h13-16H,2-12H2,1H3. The minimum Gasteiger partial charge on any atom is -0.377 e. The maximum Gasteiger partial charge on any atom is 0.0594 e. The van der Waals surface area contributed by atoms with E-state index >= 15 is 0 Å². The first-order valence-corrected chi connectivity index (χ1v) is 7.69. The van der Waals surface area contributed by atoms with Crippen LogP contribution in [0.15, 0.2) is 0 Å². The molecule has 0 bridgehead atoms. The Balaban J connectivity index is 1.48. The van der Waals surface area contributed by atoms with Gasteiger partial charge in [0.25, 0.3) is 0 Å². The number of nitrogens with one attached hydrogen (secondary N) is 1. The molecule has 2 nitrogen and oxygen atoms in total. The van der Waals surface area contributed by atoms with Gasteiger partial charge in [-0.25, -0.2) is 0 Å². The lowest BCUT2D eigenvalue weighted by Crippen LogP contribution is -2.35. The Hall–Kier alpha value is -0.0800. The van der Waals surface area contributed by atoms with Gasteiger partial charge in [-0.15, -0.1) is 0 Å². The van der Waals surface area contributed by atoms with Crippen LogP contribution in [0, 0.1) is 5.92 Å². The lowest BCUT2D eigenvalue weighted by molar-refractivity contribution is 0.0288. The highest BCUT2D eigenvalue weighted by Gasteiger charge is 2.17. The Morgan fingerprint density at radius 1 is 0.941 bits per heavy atom. The maximum absolute atomic E-state index is 5.93. The van der Waals surface area contributed by atoms with Crippen molar-refractivity contribution in [1.29, 1.82) is 0 Å². The average molecular weight is 239 g/mol. The molecule has 2 aliphatic rings. The second-order valence-electron chi connectivity index (χ2n) is 6.04. The Labute approximate surface area is 107 Å². The van der Waals surface area contributed by atoms with Gasteiger partial charge in [-0.1, -0.05) is 26.2 Å². The molecule has 2 rings (SSSR count). The Kier molecular flexibility index (Phi) is 5.79. The predicted octanol–water partition coefficient (Wildman–Crippen LogP) is 3.50. The first kappa shape index (κ1) is 13.4. The molecule has 0 spiro atoms. The van der Waals surface area contributed by atoms with Crippen LogP contribution in [0.3, 0.4) is 0 Å². The van der Waals surface area contributed by atoms with Crippen LogP contribution in [0.25, 0.3) is 0 Å². The highest BCUT2D eigenvalue weighted by molar-refractivity contribution is 4.75. The van der Waals surface area contributed by atoms with Gasteiger partial charge in [0.15, 0.2) is 0 Å². The van der Waals surface area contributed by atoms with Crippen LogP contribution < -0.4 is 5.32 Å². The van der Waals surface area contributed by atoms with E-state index in [4.69, 9.17) is 4.74 Å². The molecule has 2 heteroatoms. The second-order valence-corrected chi connectivity index (χ2v) is 6.04. The molecule has 0 radical (unpaired) electrons. The van der Waals surface area contributed by atoms with Crippen molar-refractivity contribution in [3.05, 3.63) is 0 Å². The fourth-order valence-corrected chi connectivity index (χ4v) is 3.18. The molecule has 2 aliphatic carbocycles. The molecule has 0 aliphatic heterocycles. The number of hydrogen-bond donors (Lipinski definition) is 1. The van der Waals surface area contributed by atoms with Crippen LogP contribution >= 0.6 is 0 Å². The van der Waals surface area contributed by atoms with Crippen molar-refractivity contribution in [2.24, 2.45) is 5.92 Å². The smallest absolute Gasteiger partial charge is 0.0594 e. The summed E-state index contributed by atoms with van der Waals surface area (Å²) in [6, 6.07) is 0.765. The monoisotopic (exact) mass is 239 g/mol. The van der Waals surface area contributed by atoms with Gasteiger partial charge in [0.2, 0.25) is 0 Å². The van der Waals surface area contributed by atoms with Crippen LogP contribution in [0.2, 0.25) is 0 Å². The zero-order valence-electron chi connectivity index (χ0n) is 11.4. The lowest BCUT2D eigenvalue weighted by atomic mass is 9.87. The molecule has 0 aromatic rings. The van der Waals surface area contributed by atoms with Gasteiger partial charge in [-0.2, -0.15) is 0 Å². The molecule has 0 amide bonds. The molecular formula is C15H29NO. The molecular weight excluding hydrogens is 210 g/mol. The molecule has 100 valence electrons. The summed E-state index contributed by atoms with van der Waals surface area (Å²) in [5, 5.41) is 3.66. The van der Waals surface area contributed by atoms with Gasteiger partial charge in [0.1, 0.15) is 0 Å². The second kappa shape index (κ2) is 7.38. The van der Waals surface area contributed by atoms with Gasteiger partial charge >= 0.3 is 0 Å². The minimum atomic E-state index is 0.567. The molecule has 17 heavy (non-hydrogen) atoms. The van der Waals surface area contributed by atoms with E-state index in [0.717, 1.165) is 25.1 Å². The molecule has 2 saturated carbocycles. The summed E-state index contributed by atoms with van der Waals surface area (Å²) in [6.45, 7) is 4.34. The summed E-state index contributed by atoms with van der Waals surface area (Å²) in [5.41, 5.74) is 0. The van der Waals surface area contributed by atoms with Gasteiger partial charge in [0, 0.05) is 12.6 Å².